The summed E-state index contributed by atoms with van der Waals surface area (Å²) in [6.07, 6.45) is 5.79. The van der Waals surface area contributed by atoms with Gasteiger partial charge in [0.15, 0.2) is 0 Å². The first-order chi connectivity index (χ1) is 18.0. The summed E-state index contributed by atoms with van der Waals surface area (Å²) >= 11 is 6.73. The van der Waals surface area contributed by atoms with Gasteiger partial charge in [-0.2, -0.15) is 9.65 Å². The van der Waals surface area contributed by atoms with Crippen molar-refractivity contribution in [3.05, 3.63) is 70.2 Å². The Hall–Kier alpha value is -3.61. The quantitative estimate of drug-likeness (QED) is 0.277. The average molecular weight is 535 g/mol. The Kier molecular flexibility index (Phi) is 6.58. The van der Waals surface area contributed by atoms with Crippen LogP contribution in [0.3, 0.4) is 0 Å². The lowest BCUT2D eigenvalue weighted by molar-refractivity contribution is 0.190. The number of hydrogen-bond acceptors (Lipinski definition) is 8. The molecule has 198 valence electrons. The number of fused-ring (bicyclic) bond motifs is 1. The van der Waals surface area contributed by atoms with E-state index in [0.29, 0.717) is 34.0 Å². The molecule has 0 radical (unpaired) electrons. The summed E-state index contributed by atoms with van der Waals surface area (Å²) < 4.78 is 13.9. The molecule has 1 aliphatic carbocycles. The van der Waals surface area contributed by atoms with Crippen molar-refractivity contribution in [3.8, 4) is 6.07 Å². The highest BCUT2D eigenvalue weighted by Gasteiger charge is 2.44. The van der Waals surface area contributed by atoms with Crippen LogP contribution in [0.15, 0.2) is 42.4 Å². The molecule has 10 heteroatoms. The Bertz CT molecular complexity index is 1470. The molecule has 0 spiro atoms. The highest BCUT2D eigenvalue weighted by Crippen LogP contribution is 2.42. The van der Waals surface area contributed by atoms with Crippen molar-refractivity contribution in [1.29, 1.82) is 5.26 Å². The molecule has 1 atom stereocenters. The van der Waals surface area contributed by atoms with Crippen molar-refractivity contribution < 1.29 is 4.39 Å². The zero-order valence-corrected chi connectivity index (χ0v) is 23.0. The Morgan fingerprint density at radius 2 is 2.05 bits per heavy atom. The molecule has 5 rings (SSSR count). The second-order valence-electron chi connectivity index (χ2n) is 11.5. The van der Waals surface area contributed by atoms with Crippen LogP contribution in [0.2, 0.25) is 5.02 Å². The number of nitriles is 1. The van der Waals surface area contributed by atoms with Crippen LogP contribution in [0, 0.1) is 29.6 Å². The van der Waals surface area contributed by atoms with Gasteiger partial charge >= 0.3 is 0 Å². The van der Waals surface area contributed by atoms with Gasteiger partial charge in [0, 0.05) is 41.3 Å². The van der Waals surface area contributed by atoms with Crippen molar-refractivity contribution in [2.24, 2.45) is 5.41 Å². The van der Waals surface area contributed by atoms with E-state index in [9.17, 15) is 9.65 Å². The fourth-order valence-corrected chi connectivity index (χ4v) is 4.76. The minimum Gasteiger partial charge on any atom is -0.383 e. The van der Waals surface area contributed by atoms with E-state index in [1.54, 1.807) is 19.2 Å². The predicted octanol–water partition coefficient (Wildman–Crippen LogP) is 5.93. The average Bonchev–Trinajstić information content (AvgIpc) is 3.40. The normalized spacial score (nSPS) is 17.0. The monoisotopic (exact) mass is 534 g/mol. The van der Waals surface area contributed by atoms with Crippen LogP contribution in [0.5, 0.6) is 0 Å². The van der Waals surface area contributed by atoms with E-state index in [2.05, 4.69) is 70.3 Å². The highest BCUT2D eigenvalue weighted by atomic mass is 35.5. The number of hydrogen-bond donors (Lipinski definition) is 4. The highest BCUT2D eigenvalue weighted by molar-refractivity contribution is 6.35. The first-order valence-corrected chi connectivity index (χ1v) is 13.0. The molecule has 2 aliphatic rings. The van der Waals surface area contributed by atoms with Gasteiger partial charge < -0.3 is 16.1 Å². The number of rotatable bonds is 7. The number of aromatic nitrogens is 2. The number of hydrazine groups is 2. The van der Waals surface area contributed by atoms with Gasteiger partial charge in [0.05, 0.1) is 39.1 Å². The minimum absolute atomic E-state index is 0.00211. The van der Waals surface area contributed by atoms with Crippen molar-refractivity contribution >= 4 is 33.9 Å². The molecule has 0 bridgehead atoms. The van der Waals surface area contributed by atoms with Crippen LogP contribution < -0.4 is 21.6 Å². The lowest BCUT2D eigenvalue weighted by Gasteiger charge is -2.24. The summed E-state index contributed by atoms with van der Waals surface area (Å²) in [5.74, 6) is -0.526. The second-order valence-corrected chi connectivity index (χ2v) is 11.9. The van der Waals surface area contributed by atoms with Crippen molar-refractivity contribution in [3.63, 3.8) is 0 Å². The lowest BCUT2D eigenvalue weighted by atomic mass is 9.96. The Balaban J connectivity index is 1.58. The number of anilines is 2. The summed E-state index contributed by atoms with van der Waals surface area (Å²) in [5.41, 5.74) is 11.3. The van der Waals surface area contributed by atoms with E-state index in [1.165, 1.54) is 6.07 Å². The van der Waals surface area contributed by atoms with Crippen LogP contribution in [0.4, 0.5) is 15.8 Å². The fraction of sp³-hybridized carbons (Fsp3) is 0.393. The molecular formula is C28H32ClFN8. The van der Waals surface area contributed by atoms with Crippen LogP contribution in [-0.2, 0) is 0 Å². The third-order valence-corrected chi connectivity index (χ3v) is 7.30. The third kappa shape index (κ3) is 5.19. The molecule has 3 heterocycles. The smallest absolute Gasteiger partial charge is 0.213 e. The number of nitrogens with zero attached hydrogens (tertiary/aromatic N) is 4. The van der Waals surface area contributed by atoms with E-state index in [0.717, 1.165) is 35.2 Å². The molecule has 1 fully saturated rings. The lowest BCUT2D eigenvalue weighted by Crippen LogP contribution is -2.43. The zero-order chi connectivity index (χ0) is 27.2. The van der Waals surface area contributed by atoms with Crippen LogP contribution >= 0.6 is 11.6 Å². The Morgan fingerprint density at radius 3 is 2.71 bits per heavy atom. The molecule has 1 aliphatic heterocycles. The Labute approximate surface area is 227 Å². The van der Waals surface area contributed by atoms with Gasteiger partial charge in [0.25, 0.3) is 0 Å². The van der Waals surface area contributed by atoms with Gasteiger partial charge in [-0.05, 0) is 50.3 Å². The molecule has 3 aromatic rings. The largest absolute Gasteiger partial charge is 0.383 e. The molecule has 2 aromatic heterocycles. The summed E-state index contributed by atoms with van der Waals surface area (Å²) in [4.78, 5) is 8.53. The number of aryl methyl sites for hydroxylation is 1. The third-order valence-electron chi connectivity index (χ3n) is 7.01. The van der Waals surface area contributed by atoms with E-state index < -0.39 is 5.95 Å². The molecule has 0 saturated heterocycles. The Morgan fingerprint density at radius 1 is 1.29 bits per heavy atom. The predicted molar refractivity (Wildman–Crippen MR) is 149 cm³/mol. The topological polar surface area (TPSA) is 101 Å². The van der Waals surface area contributed by atoms with E-state index >= 15 is 0 Å². The molecule has 38 heavy (non-hydrogen) atoms. The molecular weight excluding hydrogens is 503 g/mol. The van der Waals surface area contributed by atoms with E-state index in [1.807, 2.05) is 18.3 Å². The molecule has 0 unspecified atom stereocenters. The first-order valence-electron chi connectivity index (χ1n) is 12.7. The van der Waals surface area contributed by atoms with Crippen molar-refractivity contribution in [2.45, 2.75) is 59.0 Å². The molecule has 1 aromatic carbocycles. The summed E-state index contributed by atoms with van der Waals surface area (Å²) in [6, 6.07) is 8.74. The van der Waals surface area contributed by atoms with Gasteiger partial charge in [-0.3, -0.25) is 9.99 Å². The zero-order valence-electron chi connectivity index (χ0n) is 22.2. The maximum Gasteiger partial charge on any atom is 0.213 e. The molecule has 4 N–H and O–H groups in total. The summed E-state index contributed by atoms with van der Waals surface area (Å²) in [7, 11) is 0. The number of nitrogens with one attached hydrogen (secondary N) is 4. The van der Waals surface area contributed by atoms with Gasteiger partial charge in [0.2, 0.25) is 5.95 Å². The van der Waals surface area contributed by atoms with Crippen LogP contribution in [0.25, 0.3) is 10.9 Å². The van der Waals surface area contributed by atoms with Crippen LogP contribution in [0.1, 0.15) is 63.4 Å². The van der Waals surface area contributed by atoms with Gasteiger partial charge in [0.1, 0.15) is 6.07 Å². The van der Waals surface area contributed by atoms with Crippen LogP contribution in [-0.4, -0.2) is 27.1 Å². The van der Waals surface area contributed by atoms with Gasteiger partial charge in [-0.15, -0.1) is 5.53 Å². The van der Waals surface area contributed by atoms with Crippen molar-refractivity contribution in [1.82, 2.24) is 25.9 Å². The SMILES string of the molecule is Cc1nc(F)ccc1[C@H](Nc1cc(Cl)c2ncc(C#N)c(NCC(C)(C)C)c2c1)C1=CN(C2(C)CC2)NN1. The maximum atomic E-state index is 13.9. The van der Waals surface area contributed by atoms with E-state index in [4.69, 9.17) is 11.6 Å². The summed E-state index contributed by atoms with van der Waals surface area (Å²) in [5, 5.41) is 20.1. The molecule has 0 amide bonds. The fourth-order valence-electron chi connectivity index (χ4n) is 4.50. The number of halogens is 2. The summed E-state index contributed by atoms with van der Waals surface area (Å²) in [6.45, 7) is 11.0. The van der Waals surface area contributed by atoms with Gasteiger partial charge in [-0.1, -0.05) is 38.4 Å². The molecule has 1 saturated carbocycles. The maximum absolute atomic E-state index is 13.9. The van der Waals surface area contributed by atoms with Gasteiger partial charge in [-0.25, -0.2) is 4.98 Å². The molecule has 8 nitrogen and oxygen atoms in total. The number of benzene rings is 1. The minimum atomic E-state index is -0.526. The van der Waals surface area contributed by atoms with Crippen molar-refractivity contribution in [2.75, 3.05) is 17.2 Å². The standard InChI is InChI=1S/C28H32ClFN8/c1-16-19(6-7-23(30)34-16)26(22-14-38(37-36-22)28(5)8-9-28)35-18-10-20-24(33-15-27(2,3)4)17(12-31)13-32-25(20)21(29)11-18/h6-7,10-11,13-14,26,35-37H,8-9,15H2,1-5H3,(H,32,33)/t26-/m0/s1. The number of pyridine rings is 2. The first kappa shape index (κ1) is 26.0. The second kappa shape index (κ2) is 9.61. The van der Waals surface area contributed by atoms with E-state index in [-0.39, 0.29) is 17.0 Å².